The predicted molar refractivity (Wildman–Crippen MR) is 175 cm³/mol. The molecule has 2 saturated heterocycles. The molecule has 0 spiro atoms. The van der Waals surface area contributed by atoms with Crippen LogP contribution in [0, 0.1) is 0 Å². The van der Waals surface area contributed by atoms with Gasteiger partial charge in [0.25, 0.3) is 11.8 Å². The van der Waals surface area contributed by atoms with Crippen molar-refractivity contribution in [2.75, 3.05) is 26.2 Å². The molecular formula is C34H42Cl2N4O6. The zero-order valence-electron chi connectivity index (χ0n) is 27.3. The summed E-state index contributed by atoms with van der Waals surface area (Å²) in [4.78, 5) is 56.4. The van der Waals surface area contributed by atoms with Crippen molar-refractivity contribution in [1.29, 1.82) is 0 Å². The standard InChI is InChI=1S/C17H19ClN2O4.C17H23ClN2O2/c1-17(2,3)24-16(23)19-7-6-11(9-19)20-14(21)12-5-4-10(18)8-13(12)15(20)22;1-17(2,3)22-16(21)19-7-6-15(11-19)20-9-12-4-5-14(18)8-13(12)10-20/h4-5,8,11H,6-7,9H2,1-3H3;4-5,8,15H,6-7,9-11H2,1-3H3/t11-;15-/m11/s1. The fraction of sp³-hybridized carbons (Fsp3) is 0.529. The van der Waals surface area contributed by atoms with E-state index in [2.05, 4.69) is 17.0 Å². The summed E-state index contributed by atoms with van der Waals surface area (Å²) in [6.45, 7) is 15.2. The minimum absolute atomic E-state index is 0.199. The summed E-state index contributed by atoms with van der Waals surface area (Å²) in [5, 5.41) is 1.21. The van der Waals surface area contributed by atoms with Crippen LogP contribution in [0.1, 0.15) is 86.2 Å². The Labute approximate surface area is 280 Å². The average molecular weight is 674 g/mol. The highest BCUT2D eigenvalue weighted by Crippen LogP contribution is 2.32. The van der Waals surface area contributed by atoms with Gasteiger partial charge in [0.05, 0.1) is 17.2 Å². The van der Waals surface area contributed by atoms with Crippen LogP contribution < -0.4 is 0 Å². The number of carbonyl (C=O) groups is 4. The Morgan fingerprint density at radius 1 is 0.696 bits per heavy atom. The van der Waals surface area contributed by atoms with E-state index in [1.54, 1.807) is 32.9 Å². The molecule has 0 aromatic heterocycles. The van der Waals surface area contributed by atoms with Crippen LogP contribution in [0.3, 0.4) is 0 Å². The van der Waals surface area contributed by atoms with Gasteiger partial charge < -0.3 is 19.3 Å². The molecule has 2 aromatic rings. The maximum atomic E-state index is 12.6. The smallest absolute Gasteiger partial charge is 0.410 e. The molecule has 0 bridgehead atoms. The molecule has 0 saturated carbocycles. The molecule has 46 heavy (non-hydrogen) atoms. The number of rotatable bonds is 2. The van der Waals surface area contributed by atoms with Crippen LogP contribution in [-0.2, 0) is 22.6 Å². The first-order valence-corrected chi connectivity index (χ1v) is 16.4. The van der Waals surface area contributed by atoms with Crippen LogP contribution in [0.5, 0.6) is 0 Å². The molecule has 0 unspecified atom stereocenters. The first-order chi connectivity index (χ1) is 21.5. The fourth-order valence-corrected chi connectivity index (χ4v) is 6.55. The van der Waals surface area contributed by atoms with Crippen LogP contribution in [0.4, 0.5) is 9.59 Å². The van der Waals surface area contributed by atoms with Crippen LogP contribution in [0.25, 0.3) is 0 Å². The molecule has 248 valence electrons. The molecule has 2 fully saturated rings. The van der Waals surface area contributed by atoms with Crippen molar-refractivity contribution in [1.82, 2.24) is 19.6 Å². The third-order valence-corrected chi connectivity index (χ3v) is 8.78. The number of imide groups is 1. The first kappa shape index (κ1) is 34.0. The molecule has 2 aromatic carbocycles. The molecule has 0 radical (unpaired) electrons. The van der Waals surface area contributed by atoms with Crippen LogP contribution in [0.15, 0.2) is 36.4 Å². The van der Waals surface area contributed by atoms with Gasteiger partial charge in [-0.2, -0.15) is 0 Å². The van der Waals surface area contributed by atoms with E-state index in [-0.39, 0.29) is 30.5 Å². The SMILES string of the molecule is CC(C)(C)OC(=O)N1CC[C@@H](N2C(=O)c3ccc(Cl)cc3C2=O)C1.CC(C)(C)OC(=O)N1CC[C@@H](N2Cc3ccc(Cl)cc3C2)C1. The number of ether oxygens (including phenoxy) is 2. The van der Waals surface area contributed by atoms with E-state index in [0.717, 1.165) is 37.6 Å². The molecule has 4 aliphatic heterocycles. The van der Waals surface area contributed by atoms with Crippen molar-refractivity contribution >= 4 is 47.2 Å². The number of hydrogen-bond donors (Lipinski definition) is 0. The van der Waals surface area contributed by atoms with E-state index >= 15 is 0 Å². The van der Waals surface area contributed by atoms with Gasteiger partial charge in [-0.05, 0) is 95.8 Å². The summed E-state index contributed by atoms with van der Waals surface area (Å²) < 4.78 is 10.8. The maximum Gasteiger partial charge on any atom is 0.410 e. The third-order valence-electron chi connectivity index (χ3n) is 8.31. The Morgan fingerprint density at radius 3 is 1.80 bits per heavy atom. The first-order valence-electron chi connectivity index (χ1n) is 15.6. The van der Waals surface area contributed by atoms with Crippen molar-refractivity contribution in [2.45, 2.75) is 90.8 Å². The number of nitrogens with zero attached hydrogens (tertiary/aromatic N) is 4. The highest BCUT2D eigenvalue weighted by Gasteiger charge is 2.44. The van der Waals surface area contributed by atoms with Crippen molar-refractivity contribution in [3.63, 3.8) is 0 Å². The number of hydrogen-bond acceptors (Lipinski definition) is 7. The minimum atomic E-state index is -0.582. The van der Waals surface area contributed by atoms with E-state index in [1.807, 2.05) is 31.7 Å². The van der Waals surface area contributed by atoms with Crippen LogP contribution >= 0.6 is 23.2 Å². The van der Waals surface area contributed by atoms with E-state index < -0.39 is 17.3 Å². The van der Waals surface area contributed by atoms with Gasteiger partial charge in [-0.25, -0.2) is 9.59 Å². The Balaban J connectivity index is 0.000000182. The number of halogens is 2. The van der Waals surface area contributed by atoms with Gasteiger partial charge >= 0.3 is 12.2 Å². The van der Waals surface area contributed by atoms with Gasteiger partial charge in [0.15, 0.2) is 0 Å². The van der Waals surface area contributed by atoms with Gasteiger partial charge in [-0.3, -0.25) is 19.4 Å². The molecule has 2 atom stereocenters. The summed E-state index contributed by atoms with van der Waals surface area (Å²) >= 11 is 12.0. The van der Waals surface area contributed by atoms with Gasteiger partial charge in [-0.15, -0.1) is 0 Å². The predicted octanol–water partition coefficient (Wildman–Crippen LogP) is 6.61. The van der Waals surface area contributed by atoms with E-state index in [1.165, 1.54) is 27.0 Å². The van der Waals surface area contributed by atoms with Crippen LogP contribution in [-0.4, -0.2) is 93.1 Å². The summed E-state index contributed by atoms with van der Waals surface area (Å²) in [5.74, 6) is -0.684. The molecular weight excluding hydrogens is 631 g/mol. The highest BCUT2D eigenvalue weighted by molar-refractivity contribution is 6.32. The topological polar surface area (TPSA) is 99.7 Å². The lowest BCUT2D eigenvalue weighted by atomic mass is 10.1. The highest BCUT2D eigenvalue weighted by atomic mass is 35.5. The molecule has 6 rings (SSSR count). The summed E-state index contributed by atoms with van der Waals surface area (Å²) in [6, 6.07) is 10.8. The maximum absolute atomic E-state index is 12.6. The Morgan fingerprint density at radius 2 is 1.20 bits per heavy atom. The van der Waals surface area contributed by atoms with Crippen molar-refractivity contribution < 1.29 is 28.7 Å². The quantitative estimate of drug-likeness (QED) is 0.331. The summed E-state index contributed by atoms with van der Waals surface area (Å²) in [5.41, 5.74) is 2.32. The van der Waals surface area contributed by atoms with Crippen molar-refractivity contribution in [3.05, 3.63) is 68.7 Å². The summed E-state index contributed by atoms with van der Waals surface area (Å²) in [6.07, 6.45) is 0.916. The zero-order chi connectivity index (χ0) is 33.6. The van der Waals surface area contributed by atoms with E-state index in [0.29, 0.717) is 35.2 Å². The van der Waals surface area contributed by atoms with Crippen molar-refractivity contribution in [3.8, 4) is 0 Å². The molecule has 0 aliphatic carbocycles. The number of amides is 4. The van der Waals surface area contributed by atoms with Gasteiger partial charge in [0, 0.05) is 55.4 Å². The second-order valence-electron chi connectivity index (χ2n) is 14.2. The largest absolute Gasteiger partial charge is 0.444 e. The normalized spacial score (nSPS) is 21.3. The third kappa shape index (κ3) is 7.78. The monoisotopic (exact) mass is 672 g/mol. The van der Waals surface area contributed by atoms with Crippen molar-refractivity contribution in [2.24, 2.45) is 0 Å². The Hall–Kier alpha value is -3.34. The van der Waals surface area contributed by atoms with Gasteiger partial charge in [0.2, 0.25) is 0 Å². The zero-order valence-corrected chi connectivity index (χ0v) is 28.8. The minimum Gasteiger partial charge on any atom is -0.444 e. The second-order valence-corrected chi connectivity index (χ2v) is 15.1. The summed E-state index contributed by atoms with van der Waals surface area (Å²) in [7, 11) is 0. The molecule has 4 heterocycles. The number of benzene rings is 2. The number of fused-ring (bicyclic) bond motifs is 2. The van der Waals surface area contributed by atoms with Gasteiger partial charge in [0.1, 0.15) is 11.2 Å². The lowest BCUT2D eigenvalue weighted by Gasteiger charge is -2.26. The number of carbonyl (C=O) groups excluding carboxylic acids is 4. The fourth-order valence-electron chi connectivity index (χ4n) is 6.19. The Bertz CT molecular complexity index is 1530. The molecule has 4 aliphatic rings. The Kier molecular flexibility index (Phi) is 9.64. The second kappa shape index (κ2) is 13.0. The van der Waals surface area contributed by atoms with E-state index in [4.69, 9.17) is 32.7 Å². The van der Waals surface area contributed by atoms with E-state index in [9.17, 15) is 19.2 Å². The van der Waals surface area contributed by atoms with Crippen LogP contribution in [0.2, 0.25) is 10.0 Å². The molecule has 12 heteroatoms. The average Bonchev–Trinajstić information content (AvgIpc) is 3.73. The number of likely N-dealkylation sites (tertiary alicyclic amines) is 2. The lowest BCUT2D eigenvalue weighted by molar-refractivity contribution is 0.0268. The molecule has 4 amide bonds. The van der Waals surface area contributed by atoms with Gasteiger partial charge in [-0.1, -0.05) is 29.3 Å². The molecule has 0 N–H and O–H groups in total. The lowest BCUT2D eigenvalue weighted by Crippen LogP contribution is -2.43. The molecule has 10 nitrogen and oxygen atoms in total.